The molecule has 0 fully saturated rings. The lowest BCUT2D eigenvalue weighted by atomic mass is 10.4. The van der Waals surface area contributed by atoms with Crippen molar-refractivity contribution in [2.24, 2.45) is 0 Å². The minimum Gasteiger partial charge on any atom is -0.298 e. The fourth-order valence-electron chi connectivity index (χ4n) is 1.37. The van der Waals surface area contributed by atoms with Crippen molar-refractivity contribution < 1.29 is 4.79 Å². The second-order valence-electron chi connectivity index (χ2n) is 4.98. The highest BCUT2D eigenvalue weighted by molar-refractivity contribution is 8.02. The third-order valence-electron chi connectivity index (χ3n) is 1.98. The molecule has 1 rings (SSSR count). The van der Waals surface area contributed by atoms with E-state index in [-0.39, 0.29) is 0 Å². The Kier molecular flexibility index (Phi) is 5.02. The molecule has 0 aliphatic carbocycles. The summed E-state index contributed by atoms with van der Waals surface area (Å²) in [6.45, 7) is 6.83. The van der Waals surface area contributed by atoms with E-state index in [1.807, 2.05) is 23.6 Å². The van der Waals surface area contributed by atoms with Crippen LogP contribution in [0.3, 0.4) is 0 Å². The van der Waals surface area contributed by atoms with Crippen molar-refractivity contribution in [3.05, 3.63) is 41.3 Å². The lowest BCUT2D eigenvalue weighted by Gasteiger charge is -2.14. The van der Waals surface area contributed by atoms with E-state index in [1.54, 1.807) is 11.8 Å². The van der Waals surface area contributed by atoms with E-state index in [4.69, 9.17) is 0 Å². The lowest BCUT2D eigenvalue weighted by molar-refractivity contribution is -0.104. The second kappa shape index (κ2) is 6.06. The van der Waals surface area contributed by atoms with Crippen LogP contribution in [-0.2, 0) is 4.79 Å². The molecule has 3 heteroatoms. The Morgan fingerprint density at radius 3 is 2.38 bits per heavy atom. The molecule has 0 radical (unpaired) electrons. The molecule has 0 saturated carbocycles. The highest BCUT2D eigenvalue weighted by atomic mass is 32.2. The van der Waals surface area contributed by atoms with Gasteiger partial charge in [-0.1, -0.05) is 49.6 Å². The molecule has 0 atom stereocenters. The van der Waals surface area contributed by atoms with Crippen LogP contribution in [0.4, 0.5) is 0 Å². The van der Waals surface area contributed by atoms with Gasteiger partial charge in [-0.2, -0.15) is 0 Å². The molecule has 1 nitrogen and oxygen atoms in total. The van der Waals surface area contributed by atoms with E-state index < -0.39 is 8.07 Å². The Hall–Kier alpha value is -0.803. The summed E-state index contributed by atoms with van der Waals surface area (Å²) < 4.78 is 0. The molecule has 0 spiro atoms. The Morgan fingerprint density at radius 2 is 1.88 bits per heavy atom. The highest BCUT2D eigenvalue weighted by Gasteiger charge is 2.14. The monoisotopic (exact) mass is 250 g/mol. The summed E-state index contributed by atoms with van der Waals surface area (Å²) in [6.07, 6.45) is 0.994. The van der Waals surface area contributed by atoms with Crippen LogP contribution in [0.5, 0.6) is 0 Å². The third-order valence-corrected chi connectivity index (χ3v) is 4.41. The summed E-state index contributed by atoms with van der Waals surface area (Å²) in [5, 5.41) is 1.99. The number of benzene rings is 1. The molecule has 1 aromatic carbocycles. The number of allylic oxidation sites excluding steroid dienone is 1. The van der Waals surface area contributed by atoms with Crippen molar-refractivity contribution in [2.75, 3.05) is 0 Å². The molecule has 0 aliphatic rings. The zero-order chi connectivity index (χ0) is 12.0. The molecule has 86 valence electrons. The van der Waals surface area contributed by atoms with E-state index in [0.717, 1.165) is 17.9 Å². The molecule has 16 heavy (non-hydrogen) atoms. The summed E-state index contributed by atoms with van der Waals surface area (Å²) >= 11 is 1.62. The van der Waals surface area contributed by atoms with Gasteiger partial charge in [0.1, 0.15) is 6.29 Å². The Bertz CT molecular complexity index is 365. The van der Waals surface area contributed by atoms with Crippen LogP contribution >= 0.6 is 11.8 Å². The Morgan fingerprint density at radius 1 is 1.25 bits per heavy atom. The fraction of sp³-hybridized carbons (Fsp3) is 0.308. The lowest BCUT2D eigenvalue weighted by Crippen LogP contribution is -2.20. The molecule has 0 unspecified atom stereocenters. The number of carbonyl (C=O) groups is 1. The SMILES string of the molecule is C[Si](C)(C)C/C(C=O)=C/Sc1ccccc1. The van der Waals surface area contributed by atoms with Crippen molar-refractivity contribution in [1.29, 1.82) is 0 Å². The zero-order valence-electron chi connectivity index (χ0n) is 10.1. The standard InChI is InChI=1S/C13H18OSSi/c1-16(2,3)11-12(9-14)10-15-13-7-5-4-6-8-13/h4-10H,11H2,1-3H3/b12-10+. The van der Waals surface area contributed by atoms with Gasteiger partial charge in [0, 0.05) is 13.0 Å². The first kappa shape index (κ1) is 13.3. The Labute approximate surface area is 103 Å². The van der Waals surface area contributed by atoms with E-state index >= 15 is 0 Å². The average molecular weight is 250 g/mol. The van der Waals surface area contributed by atoms with E-state index in [1.165, 1.54) is 4.90 Å². The van der Waals surface area contributed by atoms with Crippen molar-refractivity contribution in [2.45, 2.75) is 30.6 Å². The summed E-state index contributed by atoms with van der Waals surface area (Å²) in [6, 6.07) is 11.1. The highest BCUT2D eigenvalue weighted by Crippen LogP contribution is 2.23. The second-order valence-corrected chi connectivity index (χ2v) is 11.4. The van der Waals surface area contributed by atoms with Gasteiger partial charge in [-0.25, -0.2) is 0 Å². The van der Waals surface area contributed by atoms with Crippen LogP contribution in [0.15, 0.2) is 46.2 Å². The predicted molar refractivity (Wildman–Crippen MR) is 74.6 cm³/mol. The number of hydrogen-bond donors (Lipinski definition) is 0. The number of thioether (sulfide) groups is 1. The van der Waals surface area contributed by atoms with Crippen molar-refractivity contribution in [3.63, 3.8) is 0 Å². The van der Waals surface area contributed by atoms with Crippen molar-refractivity contribution >= 4 is 26.1 Å². The summed E-state index contributed by atoms with van der Waals surface area (Å²) in [4.78, 5) is 12.1. The molecular formula is C13H18OSSi. The maximum atomic E-state index is 10.9. The van der Waals surface area contributed by atoms with Crippen LogP contribution in [0.25, 0.3) is 0 Å². The molecule has 0 amide bonds. The van der Waals surface area contributed by atoms with Gasteiger partial charge in [-0.3, -0.25) is 4.79 Å². The average Bonchev–Trinajstić information content (AvgIpc) is 2.24. The normalized spacial score (nSPS) is 12.6. The van der Waals surface area contributed by atoms with E-state index in [9.17, 15) is 4.79 Å². The third kappa shape index (κ3) is 5.33. The number of carbonyl (C=O) groups excluding carboxylic acids is 1. The minimum absolute atomic E-state index is 0.924. The van der Waals surface area contributed by atoms with E-state index in [0.29, 0.717) is 0 Å². The predicted octanol–water partition coefficient (Wildman–Crippen LogP) is 4.20. The summed E-state index contributed by atoms with van der Waals surface area (Å²) in [5.41, 5.74) is 0.924. The fourth-order valence-corrected chi connectivity index (χ4v) is 3.66. The van der Waals surface area contributed by atoms with Gasteiger partial charge in [0.05, 0.1) is 0 Å². The number of hydrogen-bond acceptors (Lipinski definition) is 2. The first-order valence-electron chi connectivity index (χ1n) is 5.37. The maximum Gasteiger partial charge on any atom is 0.146 e. The molecule has 0 heterocycles. The first-order chi connectivity index (χ1) is 7.51. The number of rotatable bonds is 5. The molecule has 0 saturated heterocycles. The molecule has 0 bridgehead atoms. The van der Waals surface area contributed by atoms with Gasteiger partial charge in [0.15, 0.2) is 0 Å². The van der Waals surface area contributed by atoms with Gasteiger partial charge < -0.3 is 0 Å². The van der Waals surface area contributed by atoms with Crippen LogP contribution < -0.4 is 0 Å². The van der Waals surface area contributed by atoms with Gasteiger partial charge in [-0.05, 0) is 29.2 Å². The maximum absolute atomic E-state index is 10.9. The smallest absolute Gasteiger partial charge is 0.146 e. The van der Waals surface area contributed by atoms with Crippen molar-refractivity contribution in [3.8, 4) is 0 Å². The van der Waals surface area contributed by atoms with Gasteiger partial charge >= 0.3 is 0 Å². The largest absolute Gasteiger partial charge is 0.298 e. The van der Waals surface area contributed by atoms with Gasteiger partial charge in [-0.15, -0.1) is 0 Å². The first-order valence-corrected chi connectivity index (χ1v) is 9.96. The van der Waals surface area contributed by atoms with Gasteiger partial charge in [0.2, 0.25) is 0 Å². The molecule has 0 N–H and O–H groups in total. The number of aldehydes is 1. The Balaban J connectivity index is 2.64. The van der Waals surface area contributed by atoms with Crippen LogP contribution in [0.2, 0.25) is 25.7 Å². The molecule has 0 aliphatic heterocycles. The minimum atomic E-state index is -1.19. The summed E-state index contributed by atoms with van der Waals surface area (Å²) in [7, 11) is -1.19. The molecule has 1 aromatic rings. The van der Waals surface area contributed by atoms with Crippen LogP contribution in [-0.4, -0.2) is 14.4 Å². The van der Waals surface area contributed by atoms with Gasteiger partial charge in [0.25, 0.3) is 0 Å². The van der Waals surface area contributed by atoms with Crippen LogP contribution in [0.1, 0.15) is 0 Å². The zero-order valence-corrected chi connectivity index (χ0v) is 11.9. The topological polar surface area (TPSA) is 17.1 Å². The quantitative estimate of drug-likeness (QED) is 0.337. The molecular weight excluding hydrogens is 232 g/mol. The van der Waals surface area contributed by atoms with E-state index in [2.05, 4.69) is 31.8 Å². The van der Waals surface area contributed by atoms with Crippen LogP contribution in [0, 0.1) is 0 Å². The summed E-state index contributed by atoms with van der Waals surface area (Å²) in [5.74, 6) is 0. The van der Waals surface area contributed by atoms with Crippen molar-refractivity contribution in [1.82, 2.24) is 0 Å². The molecule has 0 aromatic heterocycles.